The first kappa shape index (κ1) is 21.5. The lowest BCUT2D eigenvalue weighted by Gasteiger charge is -2.09. The topological polar surface area (TPSA) is 91.0 Å². The molecule has 164 valence electrons. The van der Waals surface area contributed by atoms with E-state index >= 15 is 0 Å². The molecule has 0 radical (unpaired) electrons. The average molecular weight is 456 g/mol. The van der Waals surface area contributed by atoms with Gasteiger partial charge in [0.15, 0.2) is 12.3 Å². The number of carbonyl (C=O) groups excluding carboxylic acids is 1. The summed E-state index contributed by atoms with van der Waals surface area (Å²) in [6, 6.07) is 12.7. The van der Waals surface area contributed by atoms with Crippen LogP contribution in [0.1, 0.15) is 5.56 Å². The van der Waals surface area contributed by atoms with Gasteiger partial charge in [0, 0.05) is 11.6 Å². The fourth-order valence-electron chi connectivity index (χ4n) is 3.09. The third kappa shape index (κ3) is 5.12. The Labute approximate surface area is 187 Å². The van der Waals surface area contributed by atoms with E-state index < -0.39 is 0 Å². The van der Waals surface area contributed by atoms with Gasteiger partial charge in [-0.05, 0) is 42.0 Å². The standard InChI is InChI=1S/C22H19ClFN5O3/c23-16-3-7-18(8-4-16)32-13-20(30)25-9-10-29-21-19(11-27-29)22(31)28(14-26-21)12-15-1-5-17(24)6-2-15/h1-8,11,14H,9-10,12-13H2,(H,25,30). The molecule has 10 heteroatoms. The van der Waals surface area contributed by atoms with Crippen LogP contribution in [0.5, 0.6) is 5.75 Å². The van der Waals surface area contributed by atoms with Crippen molar-refractivity contribution in [2.24, 2.45) is 0 Å². The molecule has 4 aromatic rings. The molecule has 8 nitrogen and oxygen atoms in total. The SMILES string of the molecule is O=C(COc1ccc(Cl)cc1)NCCn1ncc2c(=O)n(Cc3ccc(F)cc3)cnc21. The van der Waals surface area contributed by atoms with Gasteiger partial charge in [-0.15, -0.1) is 0 Å². The maximum absolute atomic E-state index is 13.1. The van der Waals surface area contributed by atoms with Crippen molar-refractivity contribution in [3.63, 3.8) is 0 Å². The second kappa shape index (κ2) is 9.61. The van der Waals surface area contributed by atoms with Gasteiger partial charge in [0.25, 0.3) is 11.5 Å². The molecule has 32 heavy (non-hydrogen) atoms. The number of ether oxygens (including phenoxy) is 1. The zero-order valence-corrected chi connectivity index (χ0v) is 17.6. The normalized spacial score (nSPS) is 10.9. The molecule has 0 aliphatic rings. The van der Waals surface area contributed by atoms with E-state index in [1.165, 1.54) is 29.2 Å². The fourth-order valence-corrected chi connectivity index (χ4v) is 3.22. The van der Waals surface area contributed by atoms with Gasteiger partial charge in [-0.2, -0.15) is 5.10 Å². The molecule has 0 fully saturated rings. The number of amides is 1. The smallest absolute Gasteiger partial charge is 0.264 e. The highest BCUT2D eigenvalue weighted by Crippen LogP contribution is 2.15. The van der Waals surface area contributed by atoms with E-state index in [2.05, 4.69) is 15.4 Å². The van der Waals surface area contributed by atoms with Crippen LogP contribution in [0, 0.1) is 5.82 Å². The lowest BCUT2D eigenvalue weighted by Crippen LogP contribution is -2.31. The number of hydrogen-bond donors (Lipinski definition) is 1. The quantitative estimate of drug-likeness (QED) is 0.441. The number of aromatic nitrogens is 4. The minimum absolute atomic E-state index is 0.131. The van der Waals surface area contributed by atoms with Crippen LogP contribution in [0.2, 0.25) is 5.02 Å². The molecule has 4 rings (SSSR count). The molecule has 2 heterocycles. The van der Waals surface area contributed by atoms with Crippen LogP contribution < -0.4 is 15.6 Å². The highest BCUT2D eigenvalue weighted by molar-refractivity contribution is 6.30. The summed E-state index contributed by atoms with van der Waals surface area (Å²) in [6.45, 7) is 0.773. The lowest BCUT2D eigenvalue weighted by atomic mass is 10.2. The molecule has 0 spiro atoms. The van der Waals surface area contributed by atoms with Crippen molar-refractivity contribution in [2.75, 3.05) is 13.2 Å². The van der Waals surface area contributed by atoms with Crippen molar-refractivity contribution in [1.29, 1.82) is 0 Å². The number of benzene rings is 2. The summed E-state index contributed by atoms with van der Waals surface area (Å²) in [5.41, 5.74) is 0.966. The van der Waals surface area contributed by atoms with Gasteiger partial charge in [0.05, 0.1) is 19.3 Å². The molecule has 0 atom stereocenters. The summed E-state index contributed by atoms with van der Waals surface area (Å²) in [6.07, 6.45) is 2.89. The Hall–Kier alpha value is -3.72. The molecule has 0 bridgehead atoms. The van der Waals surface area contributed by atoms with Crippen molar-refractivity contribution in [3.05, 3.63) is 87.8 Å². The van der Waals surface area contributed by atoms with Crippen LogP contribution in [0.25, 0.3) is 11.0 Å². The number of fused-ring (bicyclic) bond motifs is 1. The summed E-state index contributed by atoms with van der Waals surface area (Å²) in [5.74, 6) is -0.0747. The summed E-state index contributed by atoms with van der Waals surface area (Å²) in [4.78, 5) is 29.1. The van der Waals surface area contributed by atoms with Gasteiger partial charge in [-0.3, -0.25) is 14.2 Å². The van der Waals surface area contributed by atoms with Gasteiger partial charge >= 0.3 is 0 Å². The van der Waals surface area contributed by atoms with Crippen LogP contribution in [0.3, 0.4) is 0 Å². The number of carbonyl (C=O) groups is 1. The molecule has 0 saturated heterocycles. The molecular formula is C22H19ClFN5O3. The number of rotatable bonds is 8. The Morgan fingerprint density at radius 3 is 2.62 bits per heavy atom. The average Bonchev–Trinajstić information content (AvgIpc) is 3.20. The number of halogens is 2. The van der Waals surface area contributed by atoms with E-state index in [9.17, 15) is 14.0 Å². The van der Waals surface area contributed by atoms with E-state index in [4.69, 9.17) is 16.3 Å². The molecule has 2 aromatic heterocycles. The third-order valence-corrected chi connectivity index (χ3v) is 4.97. The van der Waals surface area contributed by atoms with Crippen LogP contribution in [0.4, 0.5) is 4.39 Å². The summed E-state index contributed by atoms with van der Waals surface area (Å²) in [7, 11) is 0. The Morgan fingerprint density at radius 2 is 1.88 bits per heavy atom. The fraction of sp³-hybridized carbons (Fsp3) is 0.182. The molecule has 1 amide bonds. The van der Waals surface area contributed by atoms with Crippen LogP contribution in [-0.2, 0) is 17.9 Å². The van der Waals surface area contributed by atoms with E-state index in [1.807, 2.05) is 0 Å². The number of nitrogens with zero attached hydrogens (tertiary/aromatic N) is 4. The van der Waals surface area contributed by atoms with Gasteiger partial charge in [0.1, 0.15) is 23.3 Å². The molecule has 0 aliphatic carbocycles. The first-order chi connectivity index (χ1) is 15.5. The van der Waals surface area contributed by atoms with E-state index in [-0.39, 0.29) is 30.4 Å². The second-order valence-corrected chi connectivity index (χ2v) is 7.44. The van der Waals surface area contributed by atoms with Crippen LogP contribution >= 0.6 is 11.6 Å². The van der Waals surface area contributed by atoms with Gasteiger partial charge in [-0.1, -0.05) is 23.7 Å². The number of nitrogens with one attached hydrogen (secondary N) is 1. The predicted molar refractivity (Wildman–Crippen MR) is 117 cm³/mol. The molecule has 0 saturated carbocycles. The highest BCUT2D eigenvalue weighted by Gasteiger charge is 2.11. The van der Waals surface area contributed by atoms with Crippen molar-refractivity contribution < 1.29 is 13.9 Å². The van der Waals surface area contributed by atoms with E-state index in [0.29, 0.717) is 34.9 Å². The monoisotopic (exact) mass is 455 g/mol. The van der Waals surface area contributed by atoms with E-state index in [1.54, 1.807) is 41.1 Å². The van der Waals surface area contributed by atoms with Crippen LogP contribution in [0.15, 0.2) is 65.8 Å². The molecule has 2 aromatic carbocycles. The Morgan fingerprint density at radius 1 is 1.12 bits per heavy atom. The summed E-state index contributed by atoms with van der Waals surface area (Å²) in [5, 5.41) is 7.90. The zero-order chi connectivity index (χ0) is 22.5. The van der Waals surface area contributed by atoms with Crippen molar-refractivity contribution in [2.45, 2.75) is 13.1 Å². The molecule has 0 unspecified atom stereocenters. The van der Waals surface area contributed by atoms with Crippen molar-refractivity contribution in [3.8, 4) is 5.75 Å². The Kier molecular flexibility index (Phi) is 6.46. The van der Waals surface area contributed by atoms with Crippen LogP contribution in [-0.4, -0.2) is 38.4 Å². The maximum Gasteiger partial charge on any atom is 0.264 e. The third-order valence-electron chi connectivity index (χ3n) is 4.72. The van der Waals surface area contributed by atoms with Crippen molar-refractivity contribution in [1.82, 2.24) is 24.6 Å². The summed E-state index contributed by atoms with van der Waals surface area (Å²) >= 11 is 5.81. The van der Waals surface area contributed by atoms with Gasteiger partial charge in [0.2, 0.25) is 0 Å². The zero-order valence-electron chi connectivity index (χ0n) is 16.9. The lowest BCUT2D eigenvalue weighted by molar-refractivity contribution is -0.123. The predicted octanol–water partition coefficient (Wildman–Crippen LogP) is 2.63. The molecular weight excluding hydrogens is 437 g/mol. The Balaban J connectivity index is 1.34. The number of hydrogen-bond acceptors (Lipinski definition) is 5. The first-order valence-corrected chi connectivity index (χ1v) is 10.2. The van der Waals surface area contributed by atoms with Gasteiger partial charge in [-0.25, -0.2) is 14.1 Å². The van der Waals surface area contributed by atoms with Crippen molar-refractivity contribution >= 4 is 28.5 Å². The highest BCUT2D eigenvalue weighted by atomic mass is 35.5. The largest absolute Gasteiger partial charge is 0.484 e. The van der Waals surface area contributed by atoms with E-state index in [0.717, 1.165) is 5.56 Å². The van der Waals surface area contributed by atoms with Gasteiger partial charge < -0.3 is 10.1 Å². The molecule has 1 N–H and O–H groups in total. The Bertz CT molecular complexity index is 1290. The first-order valence-electron chi connectivity index (χ1n) is 9.80. The minimum Gasteiger partial charge on any atom is -0.484 e. The molecule has 0 aliphatic heterocycles. The summed E-state index contributed by atoms with van der Waals surface area (Å²) < 4.78 is 21.5. The second-order valence-electron chi connectivity index (χ2n) is 7.00. The maximum atomic E-state index is 13.1. The minimum atomic E-state index is -0.334.